The van der Waals surface area contributed by atoms with Crippen LogP contribution in [0.5, 0.6) is 0 Å². The SMILES string of the molecule is Cc1nc(Cl)c(C)c(NCCN2CCCCCC2)n1. The first-order chi connectivity index (χ1) is 9.16. The molecule has 0 bridgehead atoms. The summed E-state index contributed by atoms with van der Waals surface area (Å²) in [5, 5.41) is 3.93. The van der Waals surface area contributed by atoms with E-state index in [1.165, 1.54) is 38.8 Å². The number of nitrogens with zero attached hydrogens (tertiary/aromatic N) is 3. The van der Waals surface area contributed by atoms with Crippen molar-refractivity contribution < 1.29 is 0 Å². The average Bonchev–Trinajstić information content (AvgIpc) is 2.64. The van der Waals surface area contributed by atoms with Gasteiger partial charge in [-0.05, 0) is 39.8 Å². The van der Waals surface area contributed by atoms with Gasteiger partial charge in [0.1, 0.15) is 16.8 Å². The van der Waals surface area contributed by atoms with E-state index in [9.17, 15) is 0 Å². The van der Waals surface area contributed by atoms with Gasteiger partial charge in [0, 0.05) is 18.7 Å². The van der Waals surface area contributed by atoms with E-state index in [0.717, 1.165) is 24.5 Å². The number of aryl methyl sites for hydroxylation is 1. The number of hydrogen-bond acceptors (Lipinski definition) is 4. The molecule has 1 saturated heterocycles. The third-order valence-corrected chi connectivity index (χ3v) is 3.99. The van der Waals surface area contributed by atoms with Crippen LogP contribution in [0.1, 0.15) is 37.1 Å². The summed E-state index contributed by atoms with van der Waals surface area (Å²) in [5.74, 6) is 1.58. The highest BCUT2D eigenvalue weighted by Crippen LogP contribution is 2.19. The second-order valence-electron chi connectivity index (χ2n) is 5.22. The lowest BCUT2D eigenvalue weighted by atomic mass is 10.2. The lowest BCUT2D eigenvalue weighted by Crippen LogP contribution is -2.30. The van der Waals surface area contributed by atoms with Gasteiger partial charge in [-0.1, -0.05) is 24.4 Å². The summed E-state index contributed by atoms with van der Waals surface area (Å²) in [7, 11) is 0. The lowest BCUT2D eigenvalue weighted by molar-refractivity contribution is 0.296. The van der Waals surface area contributed by atoms with Gasteiger partial charge in [0.25, 0.3) is 0 Å². The zero-order chi connectivity index (χ0) is 13.7. The normalized spacial score (nSPS) is 17.2. The minimum Gasteiger partial charge on any atom is -0.368 e. The number of anilines is 1. The Morgan fingerprint density at radius 3 is 2.47 bits per heavy atom. The van der Waals surface area contributed by atoms with E-state index in [0.29, 0.717) is 11.0 Å². The van der Waals surface area contributed by atoms with E-state index >= 15 is 0 Å². The maximum absolute atomic E-state index is 6.07. The third kappa shape index (κ3) is 4.32. The van der Waals surface area contributed by atoms with Crippen molar-refractivity contribution in [3.63, 3.8) is 0 Å². The molecule has 19 heavy (non-hydrogen) atoms. The Balaban J connectivity index is 1.85. The molecule has 2 heterocycles. The maximum Gasteiger partial charge on any atom is 0.137 e. The molecule has 0 unspecified atom stereocenters. The molecule has 5 heteroatoms. The second kappa shape index (κ2) is 7.06. The van der Waals surface area contributed by atoms with Crippen LogP contribution in [-0.2, 0) is 0 Å². The van der Waals surface area contributed by atoms with E-state index in [1.807, 2.05) is 13.8 Å². The summed E-state index contributed by atoms with van der Waals surface area (Å²) in [4.78, 5) is 11.1. The van der Waals surface area contributed by atoms with Gasteiger partial charge < -0.3 is 10.2 Å². The molecule has 0 atom stereocenters. The van der Waals surface area contributed by atoms with Crippen molar-refractivity contribution in [1.82, 2.24) is 14.9 Å². The Hall–Kier alpha value is -0.870. The quantitative estimate of drug-likeness (QED) is 0.862. The molecule has 0 aliphatic carbocycles. The molecule has 1 aromatic heterocycles. The lowest BCUT2D eigenvalue weighted by Gasteiger charge is -2.20. The minimum atomic E-state index is 0.546. The Morgan fingerprint density at radius 1 is 1.11 bits per heavy atom. The van der Waals surface area contributed by atoms with Crippen LogP contribution >= 0.6 is 11.6 Å². The van der Waals surface area contributed by atoms with Crippen molar-refractivity contribution in [3.8, 4) is 0 Å². The van der Waals surface area contributed by atoms with Crippen molar-refractivity contribution in [3.05, 3.63) is 16.5 Å². The molecule has 0 radical (unpaired) electrons. The molecule has 0 saturated carbocycles. The predicted molar refractivity (Wildman–Crippen MR) is 79.9 cm³/mol. The molecule has 0 spiro atoms. The van der Waals surface area contributed by atoms with Gasteiger partial charge in [-0.25, -0.2) is 9.97 Å². The number of rotatable bonds is 4. The Morgan fingerprint density at radius 2 is 1.79 bits per heavy atom. The zero-order valence-corrected chi connectivity index (χ0v) is 12.6. The fraction of sp³-hybridized carbons (Fsp3) is 0.714. The van der Waals surface area contributed by atoms with E-state index in [1.54, 1.807) is 0 Å². The minimum absolute atomic E-state index is 0.546. The fourth-order valence-corrected chi connectivity index (χ4v) is 2.67. The van der Waals surface area contributed by atoms with Gasteiger partial charge in [-0.3, -0.25) is 0 Å². The van der Waals surface area contributed by atoms with E-state index in [-0.39, 0.29) is 0 Å². The zero-order valence-electron chi connectivity index (χ0n) is 11.9. The van der Waals surface area contributed by atoms with Gasteiger partial charge in [-0.2, -0.15) is 0 Å². The molecule has 4 nitrogen and oxygen atoms in total. The Bertz CT molecular complexity index is 414. The van der Waals surface area contributed by atoms with Crippen LogP contribution in [0.15, 0.2) is 0 Å². The molecule has 0 amide bonds. The monoisotopic (exact) mass is 282 g/mol. The number of hydrogen-bond donors (Lipinski definition) is 1. The van der Waals surface area contributed by atoms with Gasteiger partial charge in [0.05, 0.1) is 0 Å². The van der Waals surface area contributed by atoms with Crippen molar-refractivity contribution >= 4 is 17.4 Å². The Labute approximate surface area is 120 Å². The standard InChI is InChI=1S/C14H23ClN4/c1-11-13(15)17-12(2)18-14(11)16-7-10-19-8-5-3-4-6-9-19/h3-10H2,1-2H3,(H,16,17,18). The first-order valence-corrected chi connectivity index (χ1v) is 7.51. The highest BCUT2D eigenvalue weighted by atomic mass is 35.5. The van der Waals surface area contributed by atoms with Crippen LogP contribution < -0.4 is 5.32 Å². The summed E-state index contributed by atoms with van der Waals surface area (Å²) in [6.07, 6.45) is 5.42. The first kappa shape index (κ1) is 14.5. The molecule has 2 rings (SSSR count). The largest absolute Gasteiger partial charge is 0.368 e. The average molecular weight is 283 g/mol. The predicted octanol–water partition coefficient (Wildman–Crippen LogP) is 3.03. The molecular weight excluding hydrogens is 260 g/mol. The molecule has 0 aromatic carbocycles. The smallest absolute Gasteiger partial charge is 0.137 e. The van der Waals surface area contributed by atoms with Crippen LogP contribution in [-0.4, -0.2) is 41.0 Å². The highest BCUT2D eigenvalue weighted by Gasteiger charge is 2.10. The maximum atomic E-state index is 6.07. The molecule has 1 fully saturated rings. The van der Waals surface area contributed by atoms with Crippen LogP contribution in [0.3, 0.4) is 0 Å². The topological polar surface area (TPSA) is 41.1 Å². The van der Waals surface area contributed by atoms with Gasteiger partial charge >= 0.3 is 0 Å². The van der Waals surface area contributed by atoms with Crippen molar-refractivity contribution in [2.24, 2.45) is 0 Å². The molecule has 1 aromatic rings. The van der Waals surface area contributed by atoms with Gasteiger partial charge in [-0.15, -0.1) is 0 Å². The summed E-state index contributed by atoms with van der Waals surface area (Å²) >= 11 is 6.07. The summed E-state index contributed by atoms with van der Waals surface area (Å²) in [6, 6.07) is 0. The third-order valence-electron chi connectivity index (χ3n) is 3.62. The second-order valence-corrected chi connectivity index (χ2v) is 5.58. The van der Waals surface area contributed by atoms with Crippen LogP contribution in [0.4, 0.5) is 5.82 Å². The molecule has 1 aliphatic heterocycles. The number of halogens is 1. The Kier molecular flexibility index (Phi) is 5.40. The number of likely N-dealkylation sites (tertiary alicyclic amines) is 1. The van der Waals surface area contributed by atoms with E-state index in [2.05, 4.69) is 20.2 Å². The van der Waals surface area contributed by atoms with Crippen molar-refractivity contribution in [1.29, 1.82) is 0 Å². The first-order valence-electron chi connectivity index (χ1n) is 7.14. The molecule has 106 valence electrons. The molecular formula is C14H23ClN4. The number of nitrogens with one attached hydrogen (secondary N) is 1. The van der Waals surface area contributed by atoms with Crippen LogP contribution in [0.25, 0.3) is 0 Å². The van der Waals surface area contributed by atoms with Crippen molar-refractivity contribution in [2.75, 3.05) is 31.5 Å². The van der Waals surface area contributed by atoms with E-state index in [4.69, 9.17) is 11.6 Å². The highest BCUT2D eigenvalue weighted by molar-refractivity contribution is 6.30. The molecule has 1 aliphatic rings. The number of aromatic nitrogens is 2. The van der Waals surface area contributed by atoms with Crippen LogP contribution in [0, 0.1) is 13.8 Å². The van der Waals surface area contributed by atoms with Crippen LogP contribution in [0.2, 0.25) is 5.15 Å². The summed E-state index contributed by atoms with van der Waals surface area (Å²) < 4.78 is 0. The fourth-order valence-electron chi connectivity index (χ4n) is 2.46. The van der Waals surface area contributed by atoms with E-state index < -0.39 is 0 Å². The van der Waals surface area contributed by atoms with Gasteiger partial charge in [0.2, 0.25) is 0 Å². The molecule has 1 N–H and O–H groups in total. The summed E-state index contributed by atoms with van der Waals surface area (Å²) in [6.45, 7) is 8.25. The summed E-state index contributed by atoms with van der Waals surface area (Å²) in [5.41, 5.74) is 0.933. The van der Waals surface area contributed by atoms with Crippen molar-refractivity contribution in [2.45, 2.75) is 39.5 Å². The van der Waals surface area contributed by atoms with Gasteiger partial charge in [0.15, 0.2) is 0 Å².